The Morgan fingerprint density at radius 1 is 1.21 bits per heavy atom. The number of rotatable bonds is 5. The third-order valence-electron chi connectivity index (χ3n) is 2.81. The van der Waals surface area contributed by atoms with E-state index in [-0.39, 0.29) is 0 Å². The molecular weight excluding hydrogens is 276 g/mol. The van der Waals surface area contributed by atoms with Crippen molar-refractivity contribution in [2.45, 2.75) is 25.5 Å². The second-order valence-electron chi connectivity index (χ2n) is 4.18. The largest absolute Gasteiger partial charge is 0.373 e. The molecule has 2 heterocycles. The molecule has 19 heavy (non-hydrogen) atoms. The van der Waals surface area contributed by atoms with Crippen molar-refractivity contribution in [1.82, 2.24) is 9.97 Å². The number of hydrogen-bond acceptors (Lipinski definition) is 6. The average Bonchev–Trinajstić information content (AvgIpc) is 2.75. The van der Waals surface area contributed by atoms with Gasteiger partial charge in [0.15, 0.2) is 5.16 Å². The van der Waals surface area contributed by atoms with Crippen LogP contribution in [0.15, 0.2) is 17.3 Å². The maximum atomic E-state index is 4.45. The highest BCUT2D eigenvalue weighted by Crippen LogP contribution is 2.22. The van der Waals surface area contributed by atoms with E-state index in [4.69, 9.17) is 0 Å². The molecule has 2 rings (SSSR count). The average molecular weight is 294 g/mol. The first kappa shape index (κ1) is 14.1. The molecule has 0 spiro atoms. The van der Waals surface area contributed by atoms with E-state index in [2.05, 4.69) is 40.5 Å². The summed E-state index contributed by atoms with van der Waals surface area (Å²) in [6.45, 7) is 5.09. The van der Waals surface area contributed by atoms with Gasteiger partial charge in [0.05, 0.1) is 6.54 Å². The van der Waals surface area contributed by atoms with E-state index < -0.39 is 0 Å². The van der Waals surface area contributed by atoms with Crippen molar-refractivity contribution in [3.8, 4) is 0 Å². The molecule has 0 saturated carbocycles. The van der Waals surface area contributed by atoms with Gasteiger partial charge in [-0.15, -0.1) is 11.3 Å². The second-order valence-corrected chi connectivity index (χ2v) is 6.29. The van der Waals surface area contributed by atoms with Crippen molar-refractivity contribution in [3.63, 3.8) is 0 Å². The van der Waals surface area contributed by atoms with Gasteiger partial charge in [0.2, 0.25) is 0 Å². The summed E-state index contributed by atoms with van der Waals surface area (Å²) in [6.07, 6.45) is 1.98. The molecule has 0 saturated heterocycles. The SMILES string of the molecule is CNc1cc(NCc2cc(C)c(C)s2)nc(SC)n1. The summed E-state index contributed by atoms with van der Waals surface area (Å²) in [4.78, 5) is 11.5. The van der Waals surface area contributed by atoms with Crippen molar-refractivity contribution in [2.75, 3.05) is 23.9 Å². The molecule has 0 amide bonds. The van der Waals surface area contributed by atoms with Crippen molar-refractivity contribution in [1.29, 1.82) is 0 Å². The molecule has 0 bridgehead atoms. The van der Waals surface area contributed by atoms with Crippen molar-refractivity contribution < 1.29 is 0 Å². The van der Waals surface area contributed by atoms with Crippen molar-refractivity contribution in [3.05, 3.63) is 27.5 Å². The van der Waals surface area contributed by atoms with E-state index in [1.807, 2.05) is 30.7 Å². The number of nitrogens with zero attached hydrogens (tertiary/aromatic N) is 2. The summed E-state index contributed by atoms with van der Waals surface area (Å²) < 4.78 is 0. The normalized spacial score (nSPS) is 10.5. The minimum atomic E-state index is 0.771. The van der Waals surface area contributed by atoms with E-state index in [9.17, 15) is 0 Å². The Morgan fingerprint density at radius 3 is 2.53 bits per heavy atom. The molecule has 2 aromatic heterocycles. The van der Waals surface area contributed by atoms with Crippen LogP contribution in [0, 0.1) is 13.8 Å². The molecule has 0 radical (unpaired) electrons. The summed E-state index contributed by atoms with van der Waals surface area (Å²) in [7, 11) is 1.86. The van der Waals surface area contributed by atoms with Crippen molar-refractivity contribution in [2.24, 2.45) is 0 Å². The third kappa shape index (κ3) is 3.61. The Hall–Kier alpha value is -1.27. The predicted molar refractivity (Wildman–Crippen MR) is 84.5 cm³/mol. The van der Waals surface area contributed by atoms with Crippen LogP contribution in [0.4, 0.5) is 11.6 Å². The Bertz CT molecular complexity index is 524. The van der Waals surface area contributed by atoms with Gasteiger partial charge < -0.3 is 10.6 Å². The zero-order chi connectivity index (χ0) is 13.8. The lowest BCUT2D eigenvalue weighted by Crippen LogP contribution is -2.03. The van der Waals surface area contributed by atoms with Crippen LogP contribution < -0.4 is 10.6 Å². The smallest absolute Gasteiger partial charge is 0.191 e. The zero-order valence-electron chi connectivity index (χ0n) is 11.6. The summed E-state index contributed by atoms with van der Waals surface area (Å²) in [5.74, 6) is 1.69. The van der Waals surface area contributed by atoms with Crippen LogP contribution >= 0.6 is 23.1 Å². The Morgan fingerprint density at radius 2 is 1.95 bits per heavy atom. The summed E-state index contributed by atoms with van der Waals surface area (Å²) >= 11 is 3.37. The zero-order valence-corrected chi connectivity index (χ0v) is 13.2. The first-order valence-electron chi connectivity index (χ1n) is 6.03. The van der Waals surface area contributed by atoms with Crippen molar-refractivity contribution >= 4 is 34.7 Å². The van der Waals surface area contributed by atoms with Gasteiger partial charge in [-0.3, -0.25) is 0 Å². The Balaban J connectivity index is 2.10. The molecule has 4 nitrogen and oxygen atoms in total. The first-order valence-corrected chi connectivity index (χ1v) is 8.07. The quantitative estimate of drug-likeness (QED) is 0.652. The number of nitrogens with one attached hydrogen (secondary N) is 2. The number of aromatic nitrogens is 2. The molecule has 0 aliphatic heterocycles. The molecule has 0 aromatic carbocycles. The molecule has 0 fully saturated rings. The molecule has 102 valence electrons. The lowest BCUT2D eigenvalue weighted by atomic mass is 10.3. The molecule has 0 unspecified atom stereocenters. The summed E-state index contributed by atoms with van der Waals surface area (Å²) in [5.41, 5.74) is 1.35. The fourth-order valence-corrected chi connectivity index (χ4v) is 3.02. The van der Waals surface area contributed by atoms with Gasteiger partial charge in [0.25, 0.3) is 0 Å². The van der Waals surface area contributed by atoms with E-state index in [0.29, 0.717) is 0 Å². The van der Waals surface area contributed by atoms with Gasteiger partial charge in [0.1, 0.15) is 11.6 Å². The lowest BCUT2D eigenvalue weighted by Gasteiger charge is -2.07. The highest BCUT2D eigenvalue weighted by Gasteiger charge is 2.05. The maximum Gasteiger partial charge on any atom is 0.191 e. The number of aryl methyl sites for hydroxylation is 2. The highest BCUT2D eigenvalue weighted by atomic mass is 32.2. The molecule has 0 atom stereocenters. The topological polar surface area (TPSA) is 49.8 Å². The van der Waals surface area contributed by atoms with Gasteiger partial charge in [0, 0.05) is 22.9 Å². The standard InChI is InChI=1S/C13H18N4S2/c1-8-5-10(19-9(8)2)7-15-12-6-11(14-3)16-13(17-12)18-4/h5-6H,7H2,1-4H3,(H2,14,15,16,17). The minimum Gasteiger partial charge on any atom is -0.373 e. The first-order chi connectivity index (χ1) is 9.12. The number of hydrogen-bond donors (Lipinski definition) is 2. The van der Waals surface area contributed by atoms with Gasteiger partial charge in [-0.25, -0.2) is 9.97 Å². The van der Waals surface area contributed by atoms with Gasteiger partial charge >= 0.3 is 0 Å². The van der Waals surface area contributed by atoms with Gasteiger partial charge in [-0.2, -0.15) is 0 Å². The Kier molecular flexibility index (Phi) is 4.66. The summed E-state index contributed by atoms with van der Waals surface area (Å²) in [5, 5.41) is 7.18. The minimum absolute atomic E-state index is 0.771. The van der Waals surface area contributed by atoms with E-state index >= 15 is 0 Å². The van der Waals surface area contributed by atoms with Crippen LogP contribution in [0.1, 0.15) is 15.3 Å². The van der Waals surface area contributed by atoms with Crippen LogP contribution in [0.25, 0.3) is 0 Å². The van der Waals surface area contributed by atoms with E-state index in [1.165, 1.54) is 15.3 Å². The van der Waals surface area contributed by atoms with Gasteiger partial charge in [-0.1, -0.05) is 11.8 Å². The molecular formula is C13H18N4S2. The third-order valence-corrected chi connectivity index (χ3v) is 4.51. The summed E-state index contributed by atoms with van der Waals surface area (Å²) in [6, 6.07) is 4.15. The van der Waals surface area contributed by atoms with Crippen LogP contribution in [0.3, 0.4) is 0 Å². The van der Waals surface area contributed by atoms with Crippen LogP contribution in [-0.2, 0) is 6.54 Å². The maximum absolute atomic E-state index is 4.45. The highest BCUT2D eigenvalue weighted by molar-refractivity contribution is 7.98. The van der Waals surface area contributed by atoms with Gasteiger partial charge in [-0.05, 0) is 31.7 Å². The fraction of sp³-hybridized carbons (Fsp3) is 0.385. The molecule has 2 N–H and O–H groups in total. The van der Waals surface area contributed by atoms with E-state index in [1.54, 1.807) is 11.8 Å². The molecule has 0 aliphatic rings. The predicted octanol–water partition coefficient (Wildman–Crippen LogP) is 3.53. The lowest BCUT2D eigenvalue weighted by molar-refractivity contribution is 0.961. The van der Waals surface area contributed by atoms with E-state index in [0.717, 1.165) is 23.3 Å². The number of anilines is 2. The monoisotopic (exact) mass is 294 g/mol. The van der Waals surface area contributed by atoms with Crippen LogP contribution in [0.5, 0.6) is 0 Å². The second kappa shape index (κ2) is 6.25. The Labute approximate surface area is 122 Å². The van der Waals surface area contributed by atoms with Crippen LogP contribution in [0.2, 0.25) is 0 Å². The number of thiophene rings is 1. The molecule has 0 aliphatic carbocycles. The molecule has 6 heteroatoms. The fourth-order valence-electron chi connectivity index (χ4n) is 1.65. The molecule has 2 aromatic rings. The van der Waals surface area contributed by atoms with Crippen LogP contribution in [-0.4, -0.2) is 23.3 Å². The number of thioether (sulfide) groups is 1.